The molecule has 1 aromatic heterocycles. The maximum absolute atomic E-state index is 12.7. The van der Waals surface area contributed by atoms with Crippen molar-refractivity contribution in [2.45, 2.75) is 0 Å². The Balaban J connectivity index is 1.68. The molecule has 1 N–H and O–H groups in total. The summed E-state index contributed by atoms with van der Waals surface area (Å²) in [5.74, 6) is 0.853. The molecule has 0 aliphatic rings. The normalized spacial score (nSPS) is 10.6. The lowest BCUT2D eigenvalue weighted by atomic mass is 10.2. The van der Waals surface area contributed by atoms with Crippen LogP contribution in [0.4, 0.5) is 5.69 Å². The first kappa shape index (κ1) is 21.7. The fourth-order valence-electron chi connectivity index (χ4n) is 3.06. The van der Waals surface area contributed by atoms with Gasteiger partial charge in [-0.25, -0.2) is 4.68 Å². The number of aromatic nitrogens is 3. The molecule has 0 saturated carbocycles. The molecule has 162 valence electrons. The molecule has 0 fully saturated rings. The van der Waals surface area contributed by atoms with Gasteiger partial charge in [-0.15, -0.1) is 5.10 Å². The van der Waals surface area contributed by atoms with Crippen molar-refractivity contribution in [1.82, 2.24) is 14.8 Å². The van der Waals surface area contributed by atoms with Crippen LogP contribution in [0.3, 0.4) is 0 Å². The highest BCUT2D eigenvalue weighted by atomic mass is 35.5. The van der Waals surface area contributed by atoms with Crippen LogP contribution >= 0.6 is 23.2 Å². The van der Waals surface area contributed by atoms with Crippen molar-refractivity contribution >= 4 is 34.8 Å². The van der Waals surface area contributed by atoms with Gasteiger partial charge in [-0.3, -0.25) is 4.79 Å². The van der Waals surface area contributed by atoms with E-state index in [9.17, 15) is 4.79 Å². The second kappa shape index (κ2) is 9.30. The molecule has 1 heterocycles. The number of anilines is 1. The molecular weight excluding hydrogens is 451 g/mol. The maximum atomic E-state index is 12.7. The number of nitrogens with one attached hydrogen (secondary N) is 1. The predicted octanol–water partition coefficient (Wildman–Crippen LogP) is 5.51. The van der Waals surface area contributed by atoms with Gasteiger partial charge < -0.3 is 14.8 Å². The second-order valence-corrected chi connectivity index (χ2v) is 7.51. The molecule has 32 heavy (non-hydrogen) atoms. The van der Waals surface area contributed by atoms with Gasteiger partial charge in [0.25, 0.3) is 5.91 Å². The van der Waals surface area contributed by atoms with Gasteiger partial charge in [-0.1, -0.05) is 35.3 Å². The van der Waals surface area contributed by atoms with Gasteiger partial charge in [0.15, 0.2) is 5.82 Å². The van der Waals surface area contributed by atoms with Gasteiger partial charge >= 0.3 is 6.01 Å². The van der Waals surface area contributed by atoms with E-state index in [0.29, 0.717) is 44.1 Å². The molecule has 0 atom stereocenters. The minimum Gasteiger partial charge on any atom is -0.497 e. The predicted molar refractivity (Wildman–Crippen MR) is 124 cm³/mol. The monoisotopic (exact) mass is 468 g/mol. The zero-order chi connectivity index (χ0) is 22.7. The number of ether oxygens (including phenoxy) is 2. The molecule has 9 heteroatoms. The summed E-state index contributed by atoms with van der Waals surface area (Å²) in [6.45, 7) is 0. The van der Waals surface area contributed by atoms with Crippen molar-refractivity contribution < 1.29 is 14.3 Å². The Bertz CT molecular complexity index is 1290. The first-order chi connectivity index (χ1) is 15.5. The number of methoxy groups -OCH3 is 2. The molecule has 0 aliphatic carbocycles. The van der Waals surface area contributed by atoms with E-state index in [-0.39, 0.29) is 11.9 Å². The highest BCUT2D eigenvalue weighted by Gasteiger charge is 2.16. The van der Waals surface area contributed by atoms with E-state index in [0.717, 1.165) is 0 Å². The van der Waals surface area contributed by atoms with E-state index in [1.165, 1.54) is 7.11 Å². The van der Waals surface area contributed by atoms with Crippen LogP contribution in [0.1, 0.15) is 10.4 Å². The third-order valence-electron chi connectivity index (χ3n) is 4.63. The topological polar surface area (TPSA) is 78.3 Å². The quantitative estimate of drug-likeness (QED) is 0.403. The van der Waals surface area contributed by atoms with Crippen molar-refractivity contribution in [3.8, 4) is 28.8 Å². The smallest absolute Gasteiger partial charge is 0.336 e. The highest BCUT2D eigenvalue weighted by Crippen LogP contribution is 2.30. The number of halogens is 2. The second-order valence-electron chi connectivity index (χ2n) is 6.70. The standard InChI is InChI=1S/C23H18Cl2N4O3/c1-31-18-8-3-5-15(11-18)22(30)26-16-6-4-7-17(13-16)29-21(27-23(28-29)32-2)14-9-10-19(24)20(25)12-14/h3-13H,1-2H3,(H,26,30). The average molecular weight is 469 g/mol. The molecule has 0 saturated heterocycles. The molecule has 0 bridgehead atoms. The molecule has 1 amide bonds. The summed E-state index contributed by atoms with van der Waals surface area (Å²) >= 11 is 12.2. The van der Waals surface area contributed by atoms with E-state index >= 15 is 0 Å². The largest absolute Gasteiger partial charge is 0.497 e. The Hall–Kier alpha value is -3.55. The molecule has 3 aromatic carbocycles. The summed E-state index contributed by atoms with van der Waals surface area (Å²) in [6.07, 6.45) is 0. The van der Waals surface area contributed by atoms with Crippen LogP contribution in [0.25, 0.3) is 17.1 Å². The van der Waals surface area contributed by atoms with E-state index in [2.05, 4.69) is 15.4 Å². The molecule has 4 aromatic rings. The van der Waals surface area contributed by atoms with Gasteiger partial charge in [0.2, 0.25) is 0 Å². The first-order valence-electron chi connectivity index (χ1n) is 9.51. The van der Waals surface area contributed by atoms with Gasteiger partial charge in [0.05, 0.1) is 30.0 Å². The van der Waals surface area contributed by atoms with Crippen molar-refractivity contribution in [3.63, 3.8) is 0 Å². The summed E-state index contributed by atoms with van der Waals surface area (Å²) in [7, 11) is 3.04. The molecule has 7 nitrogen and oxygen atoms in total. The maximum Gasteiger partial charge on any atom is 0.336 e. The zero-order valence-corrected chi connectivity index (χ0v) is 18.7. The van der Waals surface area contributed by atoms with Gasteiger partial charge in [-0.05, 0) is 54.6 Å². The van der Waals surface area contributed by atoms with Crippen LogP contribution < -0.4 is 14.8 Å². The van der Waals surface area contributed by atoms with Crippen LogP contribution in [0.2, 0.25) is 10.0 Å². The number of hydrogen-bond acceptors (Lipinski definition) is 5. The van der Waals surface area contributed by atoms with Crippen LogP contribution in [0.15, 0.2) is 66.7 Å². The molecule has 0 spiro atoms. The Labute approximate surface area is 194 Å². The third-order valence-corrected chi connectivity index (χ3v) is 5.37. The Morgan fingerprint density at radius 2 is 1.75 bits per heavy atom. The Morgan fingerprint density at radius 3 is 2.50 bits per heavy atom. The van der Waals surface area contributed by atoms with Crippen molar-refractivity contribution in [3.05, 3.63) is 82.3 Å². The van der Waals surface area contributed by atoms with E-state index in [1.54, 1.807) is 66.4 Å². The lowest BCUT2D eigenvalue weighted by Crippen LogP contribution is -2.12. The zero-order valence-electron chi connectivity index (χ0n) is 17.2. The number of benzene rings is 3. The first-order valence-corrected chi connectivity index (χ1v) is 10.3. The fourth-order valence-corrected chi connectivity index (χ4v) is 3.36. The Kier molecular flexibility index (Phi) is 6.30. The SMILES string of the molecule is COc1cccc(C(=O)Nc2cccc(-n3nc(OC)nc3-c3ccc(Cl)c(Cl)c3)c2)c1. The van der Waals surface area contributed by atoms with Crippen LogP contribution in [-0.2, 0) is 0 Å². The number of carbonyl (C=O) groups is 1. The number of amides is 1. The summed E-state index contributed by atoms with van der Waals surface area (Å²) in [5, 5.41) is 8.14. The number of carbonyl (C=O) groups excluding carboxylic acids is 1. The van der Waals surface area contributed by atoms with Crippen LogP contribution in [0, 0.1) is 0 Å². The minimum absolute atomic E-state index is 0.192. The Morgan fingerprint density at radius 1 is 0.938 bits per heavy atom. The van der Waals surface area contributed by atoms with Crippen LogP contribution in [0.5, 0.6) is 11.8 Å². The van der Waals surface area contributed by atoms with Crippen LogP contribution in [-0.4, -0.2) is 34.9 Å². The van der Waals surface area contributed by atoms with E-state index in [1.807, 2.05) is 12.1 Å². The van der Waals surface area contributed by atoms with Gasteiger partial charge in [0, 0.05) is 16.8 Å². The molecule has 0 radical (unpaired) electrons. The molecule has 4 rings (SSSR count). The minimum atomic E-state index is -0.262. The number of nitrogens with zero attached hydrogens (tertiary/aromatic N) is 3. The number of hydrogen-bond donors (Lipinski definition) is 1. The highest BCUT2D eigenvalue weighted by molar-refractivity contribution is 6.42. The molecule has 0 aliphatic heterocycles. The lowest BCUT2D eigenvalue weighted by Gasteiger charge is -2.10. The summed E-state index contributed by atoms with van der Waals surface area (Å²) in [4.78, 5) is 17.1. The lowest BCUT2D eigenvalue weighted by molar-refractivity contribution is 0.102. The van der Waals surface area contributed by atoms with Crippen molar-refractivity contribution in [2.24, 2.45) is 0 Å². The van der Waals surface area contributed by atoms with Gasteiger partial charge in [-0.2, -0.15) is 4.98 Å². The third kappa shape index (κ3) is 4.54. The van der Waals surface area contributed by atoms with E-state index < -0.39 is 0 Å². The molecular formula is C23H18Cl2N4O3. The van der Waals surface area contributed by atoms with Crippen molar-refractivity contribution in [1.29, 1.82) is 0 Å². The van der Waals surface area contributed by atoms with Crippen molar-refractivity contribution in [2.75, 3.05) is 19.5 Å². The summed E-state index contributed by atoms with van der Waals surface area (Å²) in [6, 6.07) is 19.5. The van der Waals surface area contributed by atoms with Gasteiger partial charge in [0.1, 0.15) is 5.75 Å². The van der Waals surface area contributed by atoms with E-state index in [4.69, 9.17) is 32.7 Å². The average Bonchev–Trinajstić information content (AvgIpc) is 3.26. The molecule has 0 unspecified atom stereocenters. The summed E-state index contributed by atoms with van der Waals surface area (Å²) in [5.41, 5.74) is 2.45. The number of rotatable bonds is 6. The fraction of sp³-hybridized carbons (Fsp3) is 0.0870. The summed E-state index contributed by atoms with van der Waals surface area (Å²) < 4.78 is 12.0.